The zero-order valence-electron chi connectivity index (χ0n) is 9.55. The van der Waals surface area contributed by atoms with E-state index in [-0.39, 0.29) is 11.9 Å². The molecule has 1 aromatic carbocycles. The Bertz CT molecular complexity index is 376. The van der Waals surface area contributed by atoms with Crippen molar-refractivity contribution < 1.29 is 13.9 Å². The van der Waals surface area contributed by atoms with E-state index in [1.165, 1.54) is 6.07 Å². The van der Waals surface area contributed by atoms with Crippen LogP contribution in [0.2, 0.25) is 0 Å². The van der Waals surface area contributed by atoms with Crippen LogP contribution < -0.4 is 10.1 Å². The number of aryl methyl sites for hydroxylation is 1. The SMILES string of the molecule is COc1cc(F)c(C)cc1C1CNCCO1. The Hall–Kier alpha value is -1.13. The molecule has 0 radical (unpaired) electrons. The molecule has 0 amide bonds. The lowest BCUT2D eigenvalue weighted by Gasteiger charge is -2.25. The molecule has 0 saturated carbocycles. The van der Waals surface area contributed by atoms with Gasteiger partial charge < -0.3 is 14.8 Å². The Morgan fingerprint density at radius 1 is 1.50 bits per heavy atom. The van der Waals surface area contributed by atoms with Crippen LogP contribution in [0.4, 0.5) is 4.39 Å². The van der Waals surface area contributed by atoms with E-state index in [2.05, 4.69) is 5.32 Å². The molecule has 0 spiro atoms. The molecule has 1 heterocycles. The van der Waals surface area contributed by atoms with E-state index in [0.717, 1.165) is 18.7 Å². The Balaban J connectivity index is 2.33. The number of morpholine rings is 1. The van der Waals surface area contributed by atoms with Gasteiger partial charge in [-0.3, -0.25) is 0 Å². The van der Waals surface area contributed by atoms with Crippen LogP contribution in [0.15, 0.2) is 12.1 Å². The molecule has 1 atom stereocenters. The van der Waals surface area contributed by atoms with Crippen molar-refractivity contribution in [2.24, 2.45) is 0 Å². The van der Waals surface area contributed by atoms with E-state index in [1.807, 2.05) is 0 Å². The van der Waals surface area contributed by atoms with Crippen molar-refractivity contribution in [3.8, 4) is 5.75 Å². The quantitative estimate of drug-likeness (QED) is 0.832. The van der Waals surface area contributed by atoms with Gasteiger partial charge in [-0.1, -0.05) is 0 Å². The summed E-state index contributed by atoms with van der Waals surface area (Å²) in [6, 6.07) is 3.22. The van der Waals surface area contributed by atoms with Crippen molar-refractivity contribution in [2.45, 2.75) is 13.0 Å². The third kappa shape index (κ3) is 2.18. The average molecular weight is 225 g/mol. The van der Waals surface area contributed by atoms with Gasteiger partial charge in [0.15, 0.2) is 0 Å². The van der Waals surface area contributed by atoms with Gasteiger partial charge in [0.05, 0.1) is 19.8 Å². The zero-order valence-corrected chi connectivity index (χ0v) is 9.55. The fourth-order valence-electron chi connectivity index (χ4n) is 1.88. The number of benzene rings is 1. The van der Waals surface area contributed by atoms with Gasteiger partial charge in [-0.2, -0.15) is 0 Å². The maximum atomic E-state index is 13.4. The lowest BCUT2D eigenvalue weighted by atomic mass is 10.0. The fraction of sp³-hybridized carbons (Fsp3) is 0.500. The molecule has 3 nitrogen and oxygen atoms in total. The van der Waals surface area contributed by atoms with Crippen molar-refractivity contribution in [3.05, 3.63) is 29.1 Å². The minimum atomic E-state index is -0.246. The molecule has 4 heteroatoms. The first-order chi connectivity index (χ1) is 7.72. The smallest absolute Gasteiger partial charge is 0.129 e. The number of methoxy groups -OCH3 is 1. The van der Waals surface area contributed by atoms with Crippen LogP contribution in [0, 0.1) is 12.7 Å². The maximum Gasteiger partial charge on any atom is 0.129 e. The molecule has 2 rings (SSSR count). The lowest BCUT2D eigenvalue weighted by molar-refractivity contribution is 0.0262. The van der Waals surface area contributed by atoms with Crippen molar-refractivity contribution in [1.29, 1.82) is 0 Å². The maximum absolute atomic E-state index is 13.4. The average Bonchev–Trinajstić information content (AvgIpc) is 2.33. The molecule has 1 unspecified atom stereocenters. The molecule has 1 aliphatic heterocycles. The van der Waals surface area contributed by atoms with Crippen molar-refractivity contribution in [2.75, 3.05) is 26.8 Å². The van der Waals surface area contributed by atoms with Crippen LogP contribution >= 0.6 is 0 Å². The molecule has 1 aliphatic rings. The molecule has 0 aromatic heterocycles. The number of hydrogen-bond acceptors (Lipinski definition) is 3. The summed E-state index contributed by atoms with van der Waals surface area (Å²) in [6.07, 6.45) is -0.0528. The van der Waals surface area contributed by atoms with Gasteiger partial charge in [-0.25, -0.2) is 4.39 Å². The zero-order chi connectivity index (χ0) is 11.5. The van der Waals surface area contributed by atoms with Crippen LogP contribution in [-0.2, 0) is 4.74 Å². The van der Waals surface area contributed by atoms with Crippen LogP contribution in [0.1, 0.15) is 17.2 Å². The van der Waals surface area contributed by atoms with Gasteiger partial charge >= 0.3 is 0 Å². The molecule has 88 valence electrons. The standard InChI is InChI=1S/C12H16FNO2/c1-8-5-9(11(15-2)6-10(8)13)12-7-14-3-4-16-12/h5-6,12,14H,3-4,7H2,1-2H3. The molecule has 1 saturated heterocycles. The molecule has 16 heavy (non-hydrogen) atoms. The first-order valence-corrected chi connectivity index (χ1v) is 5.38. The highest BCUT2D eigenvalue weighted by Gasteiger charge is 2.20. The summed E-state index contributed by atoms with van der Waals surface area (Å²) in [5.74, 6) is 0.307. The minimum Gasteiger partial charge on any atom is -0.496 e. The summed E-state index contributed by atoms with van der Waals surface area (Å²) in [5, 5.41) is 3.24. The highest BCUT2D eigenvalue weighted by Crippen LogP contribution is 2.30. The number of halogens is 1. The lowest BCUT2D eigenvalue weighted by Crippen LogP contribution is -2.33. The summed E-state index contributed by atoms with van der Waals surface area (Å²) in [7, 11) is 1.55. The summed E-state index contributed by atoms with van der Waals surface area (Å²) >= 11 is 0. The number of nitrogens with one attached hydrogen (secondary N) is 1. The molecule has 1 fully saturated rings. The highest BCUT2D eigenvalue weighted by molar-refractivity contribution is 5.39. The van der Waals surface area contributed by atoms with Crippen LogP contribution in [0.5, 0.6) is 5.75 Å². The second-order valence-corrected chi connectivity index (χ2v) is 3.91. The second-order valence-electron chi connectivity index (χ2n) is 3.91. The first kappa shape index (κ1) is 11.4. The van der Waals surface area contributed by atoms with Crippen LogP contribution in [0.25, 0.3) is 0 Å². The van der Waals surface area contributed by atoms with Crippen molar-refractivity contribution in [1.82, 2.24) is 5.32 Å². The Labute approximate surface area is 94.6 Å². The fourth-order valence-corrected chi connectivity index (χ4v) is 1.88. The first-order valence-electron chi connectivity index (χ1n) is 5.38. The summed E-state index contributed by atoms with van der Waals surface area (Å²) in [6.45, 7) is 4.01. The second kappa shape index (κ2) is 4.80. The molecule has 0 bridgehead atoms. The minimum absolute atomic E-state index is 0.0528. The van der Waals surface area contributed by atoms with Crippen molar-refractivity contribution in [3.63, 3.8) is 0 Å². The van der Waals surface area contributed by atoms with E-state index in [9.17, 15) is 4.39 Å². The highest BCUT2D eigenvalue weighted by atomic mass is 19.1. The molecule has 0 aliphatic carbocycles. The van der Waals surface area contributed by atoms with Gasteiger partial charge in [0.25, 0.3) is 0 Å². The van der Waals surface area contributed by atoms with Gasteiger partial charge in [-0.05, 0) is 18.6 Å². The van der Waals surface area contributed by atoms with Crippen LogP contribution in [-0.4, -0.2) is 26.8 Å². The topological polar surface area (TPSA) is 30.5 Å². The Morgan fingerprint density at radius 2 is 2.31 bits per heavy atom. The summed E-state index contributed by atoms with van der Waals surface area (Å²) in [4.78, 5) is 0. The van der Waals surface area contributed by atoms with E-state index in [1.54, 1.807) is 20.1 Å². The van der Waals surface area contributed by atoms with E-state index in [0.29, 0.717) is 17.9 Å². The Morgan fingerprint density at radius 3 is 2.94 bits per heavy atom. The predicted molar refractivity (Wildman–Crippen MR) is 59.3 cm³/mol. The summed E-state index contributed by atoms with van der Waals surface area (Å²) in [5.41, 5.74) is 1.53. The van der Waals surface area contributed by atoms with Gasteiger partial charge in [0.2, 0.25) is 0 Å². The number of ether oxygens (including phenoxy) is 2. The normalized spacial score (nSPS) is 20.8. The van der Waals surface area contributed by atoms with E-state index < -0.39 is 0 Å². The molecule has 1 aromatic rings. The third-order valence-electron chi connectivity index (χ3n) is 2.79. The summed E-state index contributed by atoms with van der Waals surface area (Å²) < 4.78 is 24.2. The number of hydrogen-bond donors (Lipinski definition) is 1. The Kier molecular flexibility index (Phi) is 3.41. The molecular formula is C12H16FNO2. The predicted octanol–water partition coefficient (Wildman–Crippen LogP) is 1.80. The van der Waals surface area contributed by atoms with E-state index >= 15 is 0 Å². The largest absolute Gasteiger partial charge is 0.496 e. The third-order valence-corrected chi connectivity index (χ3v) is 2.79. The van der Waals surface area contributed by atoms with Crippen LogP contribution in [0.3, 0.4) is 0 Å². The van der Waals surface area contributed by atoms with Gasteiger partial charge in [-0.15, -0.1) is 0 Å². The van der Waals surface area contributed by atoms with E-state index in [4.69, 9.17) is 9.47 Å². The molecule has 1 N–H and O–H groups in total. The van der Waals surface area contributed by atoms with Gasteiger partial charge in [0.1, 0.15) is 11.6 Å². The van der Waals surface area contributed by atoms with Gasteiger partial charge in [0, 0.05) is 24.7 Å². The van der Waals surface area contributed by atoms with Crippen molar-refractivity contribution >= 4 is 0 Å². The number of rotatable bonds is 2. The molecular weight excluding hydrogens is 209 g/mol. The monoisotopic (exact) mass is 225 g/mol.